The number of hydrogen-bond donors (Lipinski definition) is 0. The summed E-state index contributed by atoms with van der Waals surface area (Å²) in [5.74, 6) is 0. The molecule has 0 N–H and O–H groups in total. The first-order valence-corrected chi connectivity index (χ1v) is 4.67. The Bertz CT molecular complexity index is 303. The molecule has 0 saturated heterocycles. The van der Waals surface area contributed by atoms with Gasteiger partial charge in [-0.2, -0.15) is 0 Å². The minimum Gasteiger partial charge on any atom is -0.367 e. The summed E-state index contributed by atoms with van der Waals surface area (Å²) in [5, 5.41) is 0. The third kappa shape index (κ3) is 1.89. The third-order valence-electron chi connectivity index (χ3n) is 2.46. The van der Waals surface area contributed by atoms with Crippen molar-refractivity contribution in [2.75, 3.05) is 18.0 Å². The summed E-state index contributed by atoms with van der Waals surface area (Å²) in [4.78, 5) is 6.38. The summed E-state index contributed by atoms with van der Waals surface area (Å²) in [7, 11) is 0. The lowest BCUT2D eigenvalue weighted by molar-refractivity contribution is 0.787. The van der Waals surface area contributed by atoms with Crippen molar-refractivity contribution >= 4 is 5.69 Å². The van der Waals surface area contributed by atoms with Crippen molar-refractivity contribution < 1.29 is 0 Å². The maximum absolute atomic E-state index is 4.01. The van der Waals surface area contributed by atoms with E-state index in [9.17, 15) is 0 Å². The maximum Gasteiger partial charge on any atom is 0.0399 e. The molecule has 0 radical (unpaired) electrons. The molecule has 13 heavy (non-hydrogen) atoms. The minimum atomic E-state index is 1.04. The van der Waals surface area contributed by atoms with Gasteiger partial charge in [0.1, 0.15) is 0 Å². The average Bonchev–Trinajstić information content (AvgIpc) is 2.20. The molecule has 2 heterocycles. The average molecular weight is 174 g/mol. The largest absolute Gasteiger partial charge is 0.367 e. The van der Waals surface area contributed by atoms with Gasteiger partial charge in [-0.25, -0.2) is 0 Å². The van der Waals surface area contributed by atoms with E-state index < -0.39 is 0 Å². The molecule has 1 aromatic heterocycles. The number of rotatable bonds is 1. The number of pyridine rings is 1. The molecular weight excluding hydrogens is 160 g/mol. The van der Waals surface area contributed by atoms with Gasteiger partial charge in [-0.15, -0.1) is 0 Å². The van der Waals surface area contributed by atoms with Crippen LogP contribution in [-0.2, 0) is 0 Å². The molecule has 0 spiro atoms. The van der Waals surface area contributed by atoms with Crippen LogP contribution >= 0.6 is 0 Å². The van der Waals surface area contributed by atoms with Crippen molar-refractivity contribution in [2.45, 2.75) is 13.3 Å². The Balaban J connectivity index is 2.12. The first-order valence-electron chi connectivity index (χ1n) is 4.67. The fourth-order valence-electron chi connectivity index (χ4n) is 1.56. The van der Waals surface area contributed by atoms with Gasteiger partial charge in [-0.3, -0.25) is 4.98 Å². The zero-order chi connectivity index (χ0) is 9.10. The quantitative estimate of drug-likeness (QED) is 0.607. The Morgan fingerprint density at radius 1 is 1.31 bits per heavy atom. The van der Waals surface area contributed by atoms with Gasteiger partial charge in [0.2, 0.25) is 0 Å². The van der Waals surface area contributed by atoms with Crippen LogP contribution in [-0.4, -0.2) is 18.1 Å². The molecule has 0 aromatic carbocycles. The zero-order valence-corrected chi connectivity index (χ0v) is 7.90. The summed E-state index contributed by atoms with van der Waals surface area (Å²) in [6.45, 7) is 4.37. The van der Waals surface area contributed by atoms with Gasteiger partial charge in [0, 0.05) is 31.2 Å². The molecule has 1 aromatic rings. The molecule has 0 fully saturated rings. The summed E-state index contributed by atoms with van der Waals surface area (Å²) in [5.41, 5.74) is 2.78. The summed E-state index contributed by atoms with van der Waals surface area (Å²) in [6.07, 6.45) is 7.17. The second-order valence-corrected chi connectivity index (χ2v) is 3.45. The van der Waals surface area contributed by atoms with E-state index >= 15 is 0 Å². The van der Waals surface area contributed by atoms with E-state index in [0.29, 0.717) is 0 Å². The highest BCUT2D eigenvalue weighted by Crippen LogP contribution is 2.17. The van der Waals surface area contributed by atoms with Crippen LogP contribution in [0.1, 0.15) is 13.3 Å². The molecule has 0 aliphatic carbocycles. The van der Waals surface area contributed by atoms with Gasteiger partial charge in [0.15, 0.2) is 0 Å². The molecule has 1 aliphatic rings. The molecule has 68 valence electrons. The molecule has 2 nitrogen and oxygen atoms in total. The van der Waals surface area contributed by atoms with E-state index in [1.54, 1.807) is 0 Å². The van der Waals surface area contributed by atoms with Crippen LogP contribution in [0.25, 0.3) is 0 Å². The molecule has 0 bridgehead atoms. The first-order chi connectivity index (χ1) is 6.36. The lowest BCUT2D eigenvalue weighted by Gasteiger charge is -2.27. The molecule has 0 unspecified atom stereocenters. The van der Waals surface area contributed by atoms with Crippen molar-refractivity contribution in [3.63, 3.8) is 0 Å². The van der Waals surface area contributed by atoms with E-state index in [4.69, 9.17) is 0 Å². The van der Waals surface area contributed by atoms with Gasteiger partial charge >= 0.3 is 0 Å². The highest BCUT2D eigenvalue weighted by Gasteiger charge is 2.08. The summed E-state index contributed by atoms with van der Waals surface area (Å²) in [6, 6.07) is 4.13. The van der Waals surface area contributed by atoms with Gasteiger partial charge < -0.3 is 4.90 Å². The first kappa shape index (κ1) is 8.30. The Labute approximate surface area is 78.9 Å². The van der Waals surface area contributed by atoms with Crippen LogP contribution in [0, 0.1) is 0 Å². The van der Waals surface area contributed by atoms with Crippen molar-refractivity contribution in [2.24, 2.45) is 0 Å². The van der Waals surface area contributed by atoms with Crippen molar-refractivity contribution in [3.05, 3.63) is 36.2 Å². The van der Waals surface area contributed by atoms with Crippen LogP contribution in [0.5, 0.6) is 0 Å². The lowest BCUT2D eigenvalue weighted by atomic mass is 10.1. The number of aromatic nitrogens is 1. The summed E-state index contributed by atoms with van der Waals surface area (Å²) >= 11 is 0. The SMILES string of the molecule is CC1=CCN(c2ccncc2)CC1. The zero-order valence-electron chi connectivity index (χ0n) is 7.90. The lowest BCUT2D eigenvalue weighted by Crippen LogP contribution is -2.27. The van der Waals surface area contributed by atoms with Crippen LogP contribution in [0.2, 0.25) is 0 Å². The van der Waals surface area contributed by atoms with Crippen LogP contribution in [0.3, 0.4) is 0 Å². The highest BCUT2D eigenvalue weighted by atomic mass is 15.1. The standard InChI is InChI=1S/C11H14N2/c1-10-4-8-13(9-5-10)11-2-6-12-7-3-11/h2-4,6-7H,5,8-9H2,1H3. The Morgan fingerprint density at radius 2 is 2.08 bits per heavy atom. The van der Waals surface area contributed by atoms with Gasteiger partial charge in [0.05, 0.1) is 0 Å². The highest BCUT2D eigenvalue weighted by molar-refractivity contribution is 5.46. The topological polar surface area (TPSA) is 16.1 Å². The number of hydrogen-bond acceptors (Lipinski definition) is 2. The van der Waals surface area contributed by atoms with Gasteiger partial charge in [-0.05, 0) is 25.5 Å². The molecule has 2 heteroatoms. The molecule has 0 atom stereocenters. The van der Waals surface area contributed by atoms with E-state index in [1.165, 1.54) is 17.7 Å². The van der Waals surface area contributed by atoms with Crippen LogP contribution < -0.4 is 4.90 Å². The Morgan fingerprint density at radius 3 is 2.69 bits per heavy atom. The Kier molecular flexibility index (Phi) is 2.30. The smallest absolute Gasteiger partial charge is 0.0399 e. The predicted molar refractivity (Wildman–Crippen MR) is 54.8 cm³/mol. The second kappa shape index (κ2) is 3.60. The maximum atomic E-state index is 4.01. The molecule has 0 saturated carbocycles. The van der Waals surface area contributed by atoms with Crippen LogP contribution in [0.15, 0.2) is 36.2 Å². The monoisotopic (exact) mass is 174 g/mol. The Hall–Kier alpha value is -1.31. The van der Waals surface area contributed by atoms with Crippen molar-refractivity contribution in [1.29, 1.82) is 0 Å². The van der Waals surface area contributed by atoms with Crippen molar-refractivity contribution in [3.8, 4) is 0 Å². The normalized spacial score (nSPS) is 17.0. The third-order valence-corrected chi connectivity index (χ3v) is 2.46. The minimum absolute atomic E-state index is 1.04. The van der Waals surface area contributed by atoms with Crippen LogP contribution in [0.4, 0.5) is 5.69 Å². The molecule has 0 amide bonds. The predicted octanol–water partition coefficient (Wildman–Crippen LogP) is 2.24. The van der Waals surface area contributed by atoms with Crippen molar-refractivity contribution in [1.82, 2.24) is 4.98 Å². The number of anilines is 1. The van der Waals surface area contributed by atoms with E-state index in [2.05, 4.69) is 35.0 Å². The molecule has 1 aliphatic heterocycles. The second-order valence-electron chi connectivity index (χ2n) is 3.45. The van der Waals surface area contributed by atoms with E-state index in [1.807, 2.05) is 12.4 Å². The van der Waals surface area contributed by atoms with E-state index in [0.717, 1.165) is 13.1 Å². The molecular formula is C11H14N2. The molecule has 2 rings (SSSR count). The van der Waals surface area contributed by atoms with Gasteiger partial charge in [-0.1, -0.05) is 11.6 Å². The van der Waals surface area contributed by atoms with Gasteiger partial charge in [0.25, 0.3) is 0 Å². The summed E-state index contributed by atoms with van der Waals surface area (Å²) < 4.78 is 0. The van der Waals surface area contributed by atoms with E-state index in [-0.39, 0.29) is 0 Å². The number of nitrogens with zero attached hydrogens (tertiary/aromatic N) is 2. The fraction of sp³-hybridized carbons (Fsp3) is 0.364. The fourth-order valence-corrected chi connectivity index (χ4v) is 1.56.